The van der Waals surface area contributed by atoms with Crippen LogP contribution >= 0.6 is 0 Å². The number of nitrogens with one attached hydrogen (secondary N) is 1. The quantitative estimate of drug-likeness (QED) is 0.594. The number of allylic oxidation sites excluding steroid dienone is 1. The monoisotopic (exact) mass is 248 g/mol. The number of amides is 1. The normalized spacial score (nSPS) is 12.8. The molecule has 1 aromatic heterocycles. The lowest BCUT2D eigenvalue weighted by Gasteiger charge is -2.23. The Morgan fingerprint density at radius 3 is 2.89 bits per heavy atom. The van der Waals surface area contributed by atoms with E-state index in [4.69, 9.17) is 0 Å². The predicted molar refractivity (Wildman–Crippen MR) is 70.7 cm³/mol. The van der Waals surface area contributed by atoms with Crippen LogP contribution in [0.2, 0.25) is 0 Å². The maximum absolute atomic E-state index is 12.0. The third-order valence-corrected chi connectivity index (χ3v) is 2.46. The Labute approximate surface area is 108 Å². The standard InChI is InChI=1S/C14H20N2O2/c1-4-6-12(13(17)16-14(2,3)18)9-11-7-5-8-15-10-11/h4-5,7-8,10,12,18H,1,6,9H2,2-3H3,(H,16,17)/t12-/m0/s1. The van der Waals surface area contributed by atoms with Gasteiger partial charge in [0.1, 0.15) is 5.72 Å². The lowest BCUT2D eigenvalue weighted by Crippen LogP contribution is -2.46. The zero-order valence-electron chi connectivity index (χ0n) is 10.9. The Bertz CT molecular complexity index is 396. The number of nitrogens with zero attached hydrogens (tertiary/aromatic N) is 1. The van der Waals surface area contributed by atoms with Gasteiger partial charge in [-0.3, -0.25) is 9.78 Å². The molecule has 98 valence electrons. The Hall–Kier alpha value is -1.68. The topological polar surface area (TPSA) is 62.2 Å². The highest BCUT2D eigenvalue weighted by atomic mass is 16.3. The number of rotatable bonds is 6. The van der Waals surface area contributed by atoms with Crippen molar-refractivity contribution in [2.24, 2.45) is 5.92 Å². The molecule has 0 spiro atoms. The van der Waals surface area contributed by atoms with E-state index in [2.05, 4.69) is 16.9 Å². The number of aromatic nitrogens is 1. The van der Waals surface area contributed by atoms with Crippen LogP contribution in [0.3, 0.4) is 0 Å². The minimum Gasteiger partial charge on any atom is -0.372 e. The maximum atomic E-state index is 12.0. The third kappa shape index (κ3) is 5.10. The predicted octanol–water partition coefficient (Wildman–Crippen LogP) is 1.66. The number of carbonyl (C=O) groups excluding carboxylic acids is 1. The second kappa shape index (κ2) is 6.31. The van der Waals surface area contributed by atoms with Gasteiger partial charge < -0.3 is 10.4 Å². The van der Waals surface area contributed by atoms with E-state index in [1.807, 2.05) is 12.1 Å². The van der Waals surface area contributed by atoms with Gasteiger partial charge in [0.05, 0.1) is 0 Å². The fourth-order valence-electron chi connectivity index (χ4n) is 1.69. The summed E-state index contributed by atoms with van der Waals surface area (Å²) in [4.78, 5) is 16.0. The highest BCUT2D eigenvalue weighted by molar-refractivity contribution is 5.79. The van der Waals surface area contributed by atoms with Crippen LogP contribution < -0.4 is 5.32 Å². The largest absolute Gasteiger partial charge is 0.372 e. The summed E-state index contributed by atoms with van der Waals surface area (Å²) in [6, 6.07) is 3.77. The third-order valence-electron chi connectivity index (χ3n) is 2.46. The molecule has 0 aliphatic heterocycles. The molecule has 0 saturated heterocycles. The molecular weight excluding hydrogens is 228 g/mol. The molecule has 0 saturated carbocycles. The number of hydrogen-bond donors (Lipinski definition) is 2. The highest BCUT2D eigenvalue weighted by Crippen LogP contribution is 2.13. The van der Waals surface area contributed by atoms with Crippen molar-refractivity contribution >= 4 is 5.91 Å². The molecular formula is C14H20N2O2. The molecule has 4 heteroatoms. The number of carbonyl (C=O) groups is 1. The van der Waals surface area contributed by atoms with Crippen molar-refractivity contribution in [2.75, 3.05) is 0 Å². The maximum Gasteiger partial charge on any atom is 0.225 e. The average molecular weight is 248 g/mol. The molecule has 0 aliphatic carbocycles. The Kier molecular flexibility index (Phi) is 5.04. The van der Waals surface area contributed by atoms with E-state index in [-0.39, 0.29) is 11.8 Å². The van der Waals surface area contributed by atoms with Crippen molar-refractivity contribution < 1.29 is 9.90 Å². The van der Waals surface area contributed by atoms with Crippen LogP contribution in [0.1, 0.15) is 25.8 Å². The molecule has 4 nitrogen and oxygen atoms in total. The summed E-state index contributed by atoms with van der Waals surface area (Å²) in [6.07, 6.45) is 6.31. The summed E-state index contributed by atoms with van der Waals surface area (Å²) in [5.74, 6) is -0.413. The first-order chi connectivity index (χ1) is 8.42. The van der Waals surface area contributed by atoms with E-state index in [0.29, 0.717) is 12.8 Å². The minimum absolute atomic E-state index is 0.175. The fourth-order valence-corrected chi connectivity index (χ4v) is 1.69. The van der Waals surface area contributed by atoms with Gasteiger partial charge in [-0.05, 0) is 38.3 Å². The molecule has 0 fully saturated rings. The van der Waals surface area contributed by atoms with E-state index in [0.717, 1.165) is 5.56 Å². The smallest absolute Gasteiger partial charge is 0.225 e. The first-order valence-electron chi connectivity index (χ1n) is 5.96. The van der Waals surface area contributed by atoms with Crippen LogP contribution in [-0.2, 0) is 11.2 Å². The van der Waals surface area contributed by atoms with E-state index in [1.54, 1.807) is 32.3 Å². The zero-order valence-corrected chi connectivity index (χ0v) is 10.9. The summed E-state index contributed by atoms with van der Waals surface area (Å²) >= 11 is 0. The Morgan fingerprint density at radius 2 is 2.39 bits per heavy atom. The second-order valence-corrected chi connectivity index (χ2v) is 4.83. The summed E-state index contributed by atoms with van der Waals surface area (Å²) in [7, 11) is 0. The summed E-state index contributed by atoms with van der Waals surface area (Å²) in [5.41, 5.74) is -0.207. The van der Waals surface area contributed by atoms with Gasteiger partial charge in [-0.1, -0.05) is 12.1 Å². The Morgan fingerprint density at radius 1 is 1.67 bits per heavy atom. The van der Waals surface area contributed by atoms with Crippen molar-refractivity contribution in [1.82, 2.24) is 10.3 Å². The van der Waals surface area contributed by atoms with Gasteiger partial charge in [-0.15, -0.1) is 6.58 Å². The lowest BCUT2D eigenvalue weighted by atomic mass is 9.96. The molecule has 0 aliphatic rings. The molecule has 1 rings (SSSR count). The molecule has 0 unspecified atom stereocenters. The lowest BCUT2D eigenvalue weighted by molar-refractivity contribution is -0.130. The van der Waals surface area contributed by atoms with Crippen molar-refractivity contribution in [3.8, 4) is 0 Å². The summed E-state index contributed by atoms with van der Waals surface area (Å²) in [5, 5.41) is 12.2. The van der Waals surface area contributed by atoms with Gasteiger partial charge in [0.15, 0.2) is 0 Å². The highest BCUT2D eigenvalue weighted by Gasteiger charge is 2.23. The van der Waals surface area contributed by atoms with Gasteiger partial charge in [-0.2, -0.15) is 0 Å². The fraction of sp³-hybridized carbons (Fsp3) is 0.429. The average Bonchev–Trinajstić information content (AvgIpc) is 2.27. The van der Waals surface area contributed by atoms with Crippen molar-refractivity contribution in [3.63, 3.8) is 0 Å². The van der Waals surface area contributed by atoms with Gasteiger partial charge >= 0.3 is 0 Å². The van der Waals surface area contributed by atoms with Crippen molar-refractivity contribution in [1.29, 1.82) is 0 Å². The van der Waals surface area contributed by atoms with Gasteiger partial charge in [-0.25, -0.2) is 0 Å². The summed E-state index contributed by atoms with van der Waals surface area (Å²) < 4.78 is 0. The number of pyridine rings is 1. The Balaban J connectivity index is 2.71. The van der Waals surface area contributed by atoms with Crippen LogP contribution in [0.25, 0.3) is 0 Å². The molecule has 2 N–H and O–H groups in total. The van der Waals surface area contributed by atoms with Gasteiger partial charge in [0, 0.05) is 18.3 Å². The molecule has 0 radical (unpaired) electrons. The van der Waals surface area contributed by atoms with Crippen molar-refractivity contribution in [2.45, 2.75) is 32.4 Å². The SMILES string of the molecule is C=CC[C@@H](Cc1cccnc1)C(=O)NC(C)(C)O. The van der Waals surface area contributed by atoms with Gasteiger partial charge in [0.2, 0.25) is 5.91 Å². The van der Waals surface area contributed by atoms with Crippen LogP contribution in [0.5, 0.6) is 0 Å². The van der Waals surface area contributed by atoms with Crippen LogP contribution in [0.4, 0.5) is 0 Å². The van der Waals surface area contributed by atoms with E-state index in [1.165, 1.54) is 0 Å². The molecule has 1 amide bonds. The van der Waals surface area contributed by atoms with Crippen LogP contribution in [-0.4, -0.2) is 21.7 Å². The van der Waals surface area contributed by atoms with E-state index < -0.39 is 5.72 Å². The molecule has 1 heterocycles. The molecule has 0 aromatic carbocycles. The molecule has 1 aromatic rings. The number of aliphatic hydroxyl groups is 1. The van der Waals surface area contributed by atoms with E-state index in [9.17, 15) is 9.90 Å². The molecule has 1 atom stereocenters. The minimum atomic E-state index is -1.20. The van der Waals surface area contributed by atoms with Crippen molar-refractivity contribution in [3.05, 3.63) is 42.7 Å². The summed E-state index contributed by atoms with van der Waals surface area (Å²) in [6.45, 7) is 6.75. The second-order valence-electron chi connectivity index (χ2n) is 4.83. The first-order valence-corrected chi connectivity index (χ1v) is 5.96. The first kappa shape index (κ1) is 14.4. The van der Waals surface area contributed by atoms with Crippen LogP contribution in [0, 0.1) is 5.92 Å². The number of hydrogen-bond acceptors (Lipinski definition) is 3. The molecule has 0 bridgehead atoms. The zero-order chi connectivity index (χ0) is 13.6. The molecule has 18 heavy (non-hydrogen) atoms. The van der Waals surface area contributed by atoms with Gasteiger partial charge in [0.25, 0.3) is 0 Å². The van der Waals surface area contributed by atoms with Crippen LogP contribution in [0.15, 0.2) is 37.2 Å². The van der Waals surface area contributed by atoms with E-state index >= 15 is 0 Å².